The van der Waals surface area contributed by atoms with E-state index >= 15 is 0 Å². The van der Waals surface area contributed by atoms with Crippen molar-refractivity contribution in [2.24, 2.45) is 0 Å². The van der Waals surface area contributed by atoms with Gasteiger partial charge in [-0.1, -0.05) is 6.92 Å². The fraction of sp³-hybridized carbons (Fsp3) is 0.375. The van der Waals surface area contributed by atoms with Gasteiger partial charge in [-0.3, -0.25) is 9.59 Å². The van der Waals surface area contributed by atoms with Crippen LogP contribution < -0.4 is 20.1 Å². The van der Waals surface area contributed by atoms with Crippen molar-refractivity contribution in [3.05, 3.63) is 29.8 Å². The molecule has 0 fully saturated rings. The molecule has 0 saturated carbocycles. The number of carbonyl (C=O) groups is 2. The highest BCUT2D eigenvalue weighted by Crippen LogP contribution is 2.23. The summed E-state index contributed by atoms with van der Waals surface area (Å²) in [5.74, 6) is 0.733. The molecule has 0 atom stereocenters. The summed E-state index contributed by atoms with van der Waals surface area (Å²) >= 11 is 0. The highest BCUT2D eigenvalue weighted by molar-refractivity contribution is 5.94. The van der Waals surface area contributed by atoms with Crippen LogP contribution in [0.4, 0.5) is 0 Å². The van der Waals surface area contributed by atoms with Crippen LogP contribution in [0, 0.1) is 0 Å². The van der Waals surface area contributed by atoms with Gasteiger partial charge in [0, 0.05) is 18.7 Å². The maximum Gasteiger partial charge on any atom is 0.244 e. The molecule has 0 aliphatic rings. The molecule has 0 radical (unpaired) electrons. The summed E-state index contributed by atoms with van der Waals surface area (Å²) < 4.78 is 10.3. The lowest BCUT2D eigenvalue weighted by Crippen LogP contribution is -2.36. The summed E-state index contributed by atoms with van der Waals surface area (Å²) in [5, 5.41) is 5.20. The molecule has 0 spiro atoms. The number of hydrogen-bond acceptors (Lipinski definition) is 4. The number of nitrogens with one attached hydrogen (secondary N) is 2. The molecule has 1 aromatic rings. The average molecular weight is 306 g/mol. The Bertz CT molecular complexity index is 519. The summed E-state index contributed by atoms with van der Waals surface area (Å²) in [7, 11) is 3.12. The molecule has 22 heavy (non-hydrogen) atoms. The van der Waals surface area contributed by atoms with E-state index in [4.69, 9.17) is 9.47 Å². The van der Waals surface area contributed by atoms with Crippen LogP contribution in [-0.2, 0) is 9.59 Å². The van der Waals surface area contributed by atoms with Crippen molar-refractivity contribution in [1.29, 1.82) is 0 Å². The Morgan fingerprint density at radius 3 is 2.27 bits per heavy atom. The second-order valence-electron chi connectivity index (χ2n) is 4.55. The normalized spacial score (nSPS) is 10.3. The molecule has 6 heteroatoms. The van der Waals surface area contributed by atoms with Crippen LogP contribution >= 0.6 is 0 Å². The lowest BCUT2D eigenvalue weighted by molar-refractivity contribution is -0.123. The predicted molar refractivity (Wildman–Crippen MR) is 84.9 cm³/mol. The van der Waals surface area contributed by atoms with Crippen LogP contribution in [-0.4, -0.2) is 39.1 Å². The maximum absolute atomic E-state index is 11.7. The van der Waals surface area contributed by atoms with E-state index in [1.165, 1.54) is 6.08 Å². The minimum Gasteiger partial charge on any atom is -0.497 e. The first kappa shape index (κ1) is 17.6. The number of benzene rings is 1. The molecule has 2 N–H and O–H groups in total. The van der Waals surface area contributed by atoms with E-state index in [2.05, 4.69) is 10.6 Å². The molecule has 0 bridgehead atoms. The molecule has 0 aliphatic heterocycles. The first-order valence-corrected chi connectivity index (χ1v) is 7.04. The van der Waals surface area contributed by atoms with E-state index in [0.717, 1.165) is 12.0 Å². The molecule has 120 valence electrons. The topological polar surface area (TPSA) is 76.7 Å². The number of carbonyl (C=O) groups excluding carboxylic acids is 2. The van der Waals surface area contributed by atoms with Gasteiger partial charge in [-0.15, -0.1) is 0 Å². The van der Waals surface area contributed by atoms with Gasteiger partial charge in [0.15, 0.2) is 0 Å². The van der Waals surface area contributed by atoms with Gasteiger partial charge < -0.3 is 20.1 Å². The van der Waals surface area contributed by atoms with Gasteiger partial charge in [0.1, 0.15) is 11.5 Å². The molecular formula is C16H22N2O4. The number of hydrogen-bond donors (Lipinski definition) is 2. The van der Waals surface area contributed by atoms with Crippen LogP contribution in [0.2, 0.25) is 0 Å². The van der Waals surface area contributed by atoms with E-state index in [0.29, 0.717) is 18.0 Å². The third kappa shape index (κ3) is 6.30. The lowest BCUT2D eigenvalue weighted by Gasteiger charge is -2.06. The molecule has 2 amide bonds. The summed E-state index contributed by atoms with van der Waals surface area (Å²) in [6.07, 6.45) is 3.85. The zero-order valence-electron chi connectivity index (χ0n) is 13.1. The number of rotatable bonds is 8. The number of amides is 2. The minimum absolute atomic E-state index is 0.0371. The van der Waals surface area contributed by atoms with E-state index < -0.39 is 0 Å². The standard InChI is InChI=1S/C16H22N2O4/c1-4-7-17-16(20)11-18-15(19)6-5-12-8-13(21-2)10-14(9-12)22-3/h5-6,8-10H,4,7,11H2,1-3H3,(H,17,20)(H,18,19)/b6-5+. The lowest BCUT2D eigenvalue weighted by atomic mass is 10.2. The Labute approximate surface area is 130 Å². The molecule has 0 unspecified atom stereocenters. The SMILES string of the molecule is CCCNC(=O)CNC(=O)/C=C/c1cc(OC)cc(OC)c1. The van der Waals surface area contributed by atoms with Gasteiger partial charge in [0.25, 0.3) is 0 Å². The molecule has 6 nitrogen and oxygen atoms in total. The van der Waals surface area contributed by atoms with Gasteiger partial charge in [0.2, 0.25) is 11.8 Å². The molecule has 0 aromatic heterocycles. The van der Waals surface area contributed by atoms with E-state index in [1.54, 1.807) is 38.5 Å². The van der Waals surface area contributed by atoms with Gasteiger partial charge >= 0.3 is 0 Å². The van der Waals surface area contributed by atoms with Crippen LogP contribution in [0.25, 0.3) is 6.08 Å². The molecule has 1 aromatic carbocycles. The van der Waals surface area contributed by atoms with Crippen LogP contribution in [0.15, 0.2) is 24.3 Å². The Morgan fingerprint density at radius 2 is 1.73 bits per heavy atom. The van der Waals surface area contributed by atoms with Crippen molar-refractivity contribution in [3.8, 4) is 11.5 Å². The van der Waals surface area contributed by atoms with Gasteiger partial charge in [-0.25, -0.2) is 0 Å². The summed E-state index contributed by atoms with van der Waals surface area (Å²) in [4.78, 5) is 23.0. The van der Waals surface area contributed by atoms with Crippen molar-refractivity contribution in [1.82, 2.24) is 10.6 Å². The van der Waals surface area contributed by atoms with Crippen molar-refractivity contribution < 1.29 is 19.1 Å². The third-order valence-corrected chi connectivity index (χ3v) is 2.80. The highest BCUT2D eigenvalue weighted by atomic mass is 16.5. The molecule has 0 saturated heterocycles. The molecule has 0 heterocycles. The minimum atomic E-state index is -0.339. The van der Waals surface area contributed by atoms with Gasteiger partial charge in [0.05, 0.1) is 20.8 Å². The second-order valence-corrected chi connectivity index (χ2v) is 4.55. The van der Waals surface area contributed by atoms with Crippen molar-refractivity contribution in [2.75, 3.05) is 27.3 Å². The van der Waals surface area contributed by atoms with E-state index in [9.17, 15) is 9.59 Å². The van der Waals surface area contributed by atoms with Crippen molar-refractivity contribution in [3.63, 3.8) is 0 Å². The quantitative estimate of drug-likeness (QED) is 0.711. The Balaban J connectivity index is 2.56. The largest absolute Gasteiger partial charge is 0.497 e. The Kier molecular flexibility index (Phi) is 7.53. The number of methoxy groups -OCH3 is 2. The average Bonchev–Trinajstić information content (AvgIpc) is 2.55. The monoisotopic (exact) mass is 306 g/mol. The summed E-state index contributed by atoms with van der Waals surface area (Å²) in [5.41, 5.74) is 0.766. The highest BCUT2D eigenvalue weighted by Gasteiger charge is 2.03. The fourth-order valence-corrected chi connectivity index (χ4v) is 1.65. The maximum atomic E-state index is 11.7. The number of ether oxygens (including phenoxy) is 2. The van der Waals surface area contributed by atoms with E-state index in [1.807, 2.05) is 6.92 Å². The smallest absolute Gasteiger partial charge is 0.244 e. The van der Waals surface area contributed by atoms with Crippen LogP contribution in [0.5, 0.6) is 11.5 Å². The second kappa shape index (κ2) is 9.44. The van der Waals surface area contributed by atoms with Crippen LogP contribution in [0.3, 0.4) is 0 Å². The zero-order chi connectivity index (χ0) is 16.4. The van der Waals surface area contributed by atoms with Crippen molar-refractivity contribution in [2.45, 2.75) is 13.3 Å². The fourth-order valence-electron chi connectivity index (χ4n) is 1.65. The van der Waals surface area contributed by atoms with Crippen molar-refractivity contribution >= 4 is 17.9 Å². The molecule has 1 rings (SSSR count). The summed E-state index contributed by atoms with van der Waals surface area (Å²) in [6, 6.07) is 5.30. The van der Waals surface area contributed by atoms with Gasteiger partial charge in [-0.2, -0.15) is 0 Å². The first-order chi connectivity index (χ1) is 10.6. The van der Waals surface area contributed by atoms with E-state index in [-0.39, 0.29) is 18.4 Å². The zero-order valence-corrected chi connectivity index (χ0v) is 13.1. The predicted octanol–water partition coefficient (Wildman–Crippen LogP) is 1.36. The first-order valence-electron chi connectivity index (χ1n) is 7.04. The van der Waals surface area contributed by atoms with Gasteiger partial charge in [-0.05, 0) is 30.2 Å². The molecule has 0 aliphatic carbocycles. The Morgan fingerprint density at radius 1 is 1.09 bits per heavy atom. The van der Waals surface area contributed by atoms with Crippen LogP contribution in [0.1, 0.15) is 18.9 Å². The summed E-state index contributed by atoms with van der Waals surface area (Å²) in [6.45, 7) is 2.53. The molecular weight excluding hydrogens is 284 g/mol. The third-order valence-electron chi connectivity index (χ3n) is 2.80. The Hall–Kier alpha value is -2.50.